The third-order valence-electron chi connectivity index (χ3n) is 1.77. The quantitative estimate of drug-likeness (QED) is 0.653. The first kappa shape index (κ1) is 12.2. The Hall–Kier alpha value is -0.810. The van der Waals surface area contributed by atoms with Crippen molar-refractivity contribution < 1.29 is 4.79 Å². The van der Waals surface area contributed by atoms with Gasteiger partial charge in [0, 0.05) is 18.4 Å². The zero-order valence-electron chi connectivity index (χ0n) is 8.92. The lowest BCUT2D eigenvalue weighted by Gasteiger charge is -2.19. The Labute approximate surface area is 81.1 Å². The summed E-state index contributed by atoms with van der Waals surface area (Å²) >= 11 is 0. The third-order valence-corrected chi connectivity index (χ3v) is 1.77. The molecule has 0 unspecified atom stereocenters. The maximum absolute atomic E-state index is 11.6. The molecule has 0 aromatic carbocycles. The van der Waals surface area contributed by atoms with Crippen LogP contribution in [0.1, 0.15) is 34.1 Å². The van der Waals surface area contributed by atoms with Crippen molar-refractivity contribution in [1.82, 2.24) is 5.32 Å². The van der Waals surface area contributed by atoms with Crippen LogP contribution in [0.25, 0.3) is 0 Å². The highest BCUT2D eigenvalue weighted by Gasteiger charge is 2.20. The van der Waals surface area contributed by atoms with Gasteiger partial charge in [-0.1, -0.05) is 27.7 Å². The number of hydrogen-bond acceptors (Lipinski definition) is 2. The van der Waals surface area contributed by atoms with E-state index in [0.717, 1.165) is 0 Å². The molecule has 1 atom stereocenters. The molecule has 0 spiro atoms. The Morgan fingerprint density at radius 3 is 2.23 bits per heavy atom. The van der Waals surface area contributed by atoms with Crippen LogP contribution in [-0.2, 0) is 4.79 Å². The van der Waals surface area contributed by atoms with E-state index in [2.05, 4.69) is 11.2 Å². The Balaban J connectivity index is 4.25. The number of Topliss-reactive ketones (excluding diaryl/α,β-unsaturated/α-hetero) is 1. The van der Waals surface area contributed by atoms with Crippen molar-refractivity contribution in [3.63, 3.8) is 0 Å². The van der Waals surface area contributed by atoms with Crippen molar-refractivity contribution >= 4 is 5.78 Å². The van der Waals surface area contributed by atoms with E-state index in [0.29, 0.717) is 12.5 Å². The average molecular weight is 181 g/mol. The summed E-state index contributed by atoms with van der Waals surface area (Å²) < 4.78 is 0. The molecule has 0 saturated heterocycles. The number of carbonyl (C=O) groups excluding carboxylic acids is 1. The lowest BCUT2D eigenvalue weighted by Crippen LogP contribution is -2.42. The molecule has 0 aromatic heterocycles. The van der Waals surface area contributed by atoms with Gasteiger partial charge in [0.2, 0.25) is 0 Å². The summed E-state index contributed by atoms with van der Waals surface area (Å²) in [6.07, 6.45) is 5.68. The highest BCUT2D eigenvalue weighted by atomic mass is 16.1. The maximum atomic E-state index is 11.6. The Morgan fingerprint density at radius 2 is 1.92 bits per heavy atom. The largest absolute Gasteiger partial charge is 0.304 e. The van der Waals surface area contributed by atoms with Gasteiger partial charge < -0.3 is 5.32 Å². The molecule has 74 valence electrons. The Kier molecular flexibility index (Phi) is 5.41. The molecular formula is C11H19NO. The van der Waals surface area contributed by atoms with Crippen molar-refractivity contribution in [2.24, 2.45) is 5.92 Å². The van der Waals surface area contributed by atoms with Gasteiger partial charge in [-0.3, -0.25) is 4.79 Å². The summed E-state index contributed by atoms with van der Waals surface area (Å²) in [7, 11) is 0. The summed E-state index contributed by atoms with van der Waals surface area (Å²) in [5, 5.41) is 3.17. The van der Waals surface area contributed by atoms with Crippen LogP contribution in [0.4, 0.5) is 0 Å². The van der Waals surface area contributed by atoms with Crippen molar-refractivity contribution in [2.45, 2.75) is 46.2 Å². The second-order valence-electron chi connectivity index (χ2n) is 3.84. The molecule has 13 heavy (non-hydrogen) atoms. The van der Waals surface area contributed by atoms with Crippen LogP contribution >= 0.6 is 0 Å². The smallest absolute Gasteiger partial charge is 0.153 e. The first-order valence-electron chi connectivity index (χ1n) is 4.72. The van der Waals surface area contributed by atoms with Gasteiger partial charge >= 0.3 is 0 Å². The van der Waals surface area contributed by atoms with Gasteiger partial charge in [0.05, 0.1) is 6.04 Å². The van der Waals surface area contributed by atoms with Gasteiger partial charge in [0.25, 0.3) is 0 Å². The molecule has 1 N–H and O–H groups in total. The summed E-state index contributed by atoms with van der Waals surface area (Å²) in [5.74, 6) is 2.77. The first-order chi connectivity index (χ1) is 5.99. The molecule has 2 heteroatoms. The molecule has 0 aliphatic carbocycles. The van der Waals surface area contributed by atoms with E-state index in [4.69, 9.17) is 6.42 Å². The third kappa shape index (κ3) is 4.69. The van der Waals surface area contributed by atoms with Crippen molar-refractivity contribution in [1.29, 1.82) is 0 Å². The zero-order chi connectivity index (χ0) is 10.4. The Bertz CT molecular complexity index is 201. The van der Waals surface area contributed by atoms with E-state index in [9.17, 15) is 4.79 Å². The van der Waals surface area contributed by atoms with Crippen molar-refractivity contribution in [2.75, 3.05) is 0 Å². The molecule has 0 heterocycles. The Morgan fingerprint density at radius 1 is 1.38 bits per heavy atom. The average Bonchev–Trinajstić information content (AvgIpc) is 2.01. The van der Waals surface area contributed by atoms with E-state index in [-0.39, 0.29) is 17.7 Å². The fourth-order valence-corrected chi connectivity index (χ4v) is 1.16. The molecular weight excluding hydrogens is 162 g/mol. The summed E-state index contributed by atoms with van der Waals surface area (Å²) in [6, 6.07) is 0.117. The second-order valence-corrected chi connectivity index (χ2v) is 3.84. The zero-order valence-corrected chi connectivity index (χ0v) is 8.92. The van der Waals surface area contributed by atoms with Crippen LogP contribution in [0.15, 0.2) is 0 Å². The molecule has 0 aromatic rings. The summed E-state index contributed by atoms with van der Waals surface area (Å²) in [5.41, 5.74) is 0. The number of ketones is 1. The van der Waals surface area contributed by atoms with Gasteiger partial charge in [0.1, 0.15) is 0 Å². The standard InChI is InChI=1S/C11H19NO/c1-6-7-10(12-9(4)5)11(13)8(2)3/h1,8-10,12H,7H2,2-5H3/t10-/m0/s1. The normalized spacial score (nSPS) is 13.0. The molecule has 0 amide bonds. The molecule has 0 aliphatic heterocycles. The topological polar surface area (TPSA) is 29.1 Å². The van der Waals surface area contributed by atoms with E-state index in [1.807, 2.05) is 27.7 Å². The van der Waals surface area contributed by atoms with Crippen LogP contribution in [0.5, 0.6) is 0 Å². The van der Waals surface area contributed by atoms with Crippen LogP contribution in [0.3, 0.4) is 0 Å². The minimum atomic E-state index is -0.176. The number of carbonyl (C=O) groups is 1. The highest BCUT2D eigenvalue weighted by Crippen LogP contribution is 2.03. The molecule has 0 radical (unpaired) electrons. The van der Waals surface area contributed by atoms with Crippen LogP contribution in [-0.4, -0.2) is 17.9 Å². The predicted octanol–water partition coefficient (Wildman–Crippen LogP) is 1.60. The second kappa shape index (κ2) is 5.77. The lowest BCUT2D eigenvalue weighted by atomic mass is 9.99. The van der Waals surface area contributed by atoms with Crippen molar-refractivity contribution in [3.8, 4) is 12.3 Å². The summed E-state index contributed by atoms with van der Waals surface area (Å²) in [4.78, 5) is 11.6. The van der Waals surface area contributed by atoms with Gasteiger partial charge in [-0.15, -0.1) is 12.3 Å². The highest BCUT2D eigenvalue weighted by molar-refractivity contribution is 5.86. The summed E-state index contributed by atoms with van der Waals surface area (Å²) in [6.45, 7) is 7.82. The number of terminal acetylenes is 1. The molecule has 2 nitrogen and oxygen atoms in total. The van der Waals surface area contributed by atoms with Gasteiger partial charge in [-0.05, 0) is 0 Å². The number of nitrogens with one attached hydrogen (secondary N) is 1. The van der Waals surface area contributed by atoms with Gasteiger partial charge in [0.15, 0.2) is 5.78 Å². The van der Waals surface area contributed by atoms with E-state index in [1.165, 1.54) is 0 Å². The lowest BCUT2D eigenvalue weighted by molar-refractivity contribution is -0.124. The molecule has 0 saturated carbocycles. The molecule has 0 fully saturated rings. The number of rotatable bonds is 5. The minimum Gasteiger partial charge on any atom is -0.304 e. The number of hydrogen-bond donors (Lipinski definition) is 1. The van der Waals surface area contributed by atoms with Crippen LogP contribution < -0.4 is 5.32 Å². The van der Waals surface area contributed by atoms with E-state index in [1.54, 1.807) is 0 Å². The fraction of sp³-hybridized carbons (Fsp3) is 0.727. The molecule has 0 bridgehead atoms. The van der Waals surface area contributed by atoms with Crippen molar-refractivity contribution in [3.05, 3.63) is 0 Å². The monoisotopic (exact) mass is 181 g/mol. The first-order valence-corrected chi connectivity index (χ1v) is 4.72. The predicted molar refractivity (Wildman–Crippen MR) is 55.4 cm³/mol. The van der Waals surface area contributed by atoms with Crippen LogP contribution in [0, 0.1) is 18.3 Å². The fourth-order valence-electron chi connectivity index (χ4n) is 1.16. The van der Waals surface area contributed by atoms with E-state index < -0.39 is 0 Å². The minimum absolute atomic E-state index is 0.0459. The van der Waals surface area contributed by atoms with Gasteiger partial charge in [-0.25, -0.2) is 0 Å². The van der Waals surface area contributed by atoms with Gasteiger partial charge in [-0.2, -0.15) is 0 Å². The maximum Gasteiger partial charge on any atom is 0.153 e. The van der Waals surface area contributed by atoms with E-state index >= 15 is 0 Å². The molecule has 0 rings (SSSR count). The van der Waals surface area contributed by atoms with Crippen LogP contribution in [0.2, 0.25) is 0 Å². The SMILES string of the molecule is C#CC[C@H](NC(C)C)C(=O)C(C)C. The molecule has 0 aliphatic rings.